The molecule has 124 valence electrons. The van der Waals surface area contributed by atoms with Crippen molar-refractivity contribution in [3.63, 3.8) is 0 Å². The lowest BCUT2D eigenvalue weighted by Crippen LogP contribution is -2.36. The number of hydrogen-bond donors (Lipinski definition) is 1. The smallest absolute Gasteiger partial charge is 0.255 e. The Morgan fingerprint density at radius 1 is 1.08 bits per heavy atom. The zero-order valence-corrected chi connectivity index (χ0v) is 14.2. The van der Waals surface area contributed by atoms with Gasteiger partial charge in [0.2, 0.25) is 5.91 Å². The maximum absolute atomic E-state index is 12.7. The largest absolute Gasteiger partial charge is 0.339 e. The lowest BCUT2D eigenvalue weighted by atomic mass is 10.1. The van der Waals surface area contributed by atoms with E-state index in [9.17, 15) is 9.59 Å². The molecule has 0 radical (unpaired) electrons. The Balaban J connectivity index is 1.71. The van der Waals surface area contributed by atoms with Crippen molar-refractivity contribution in [2.75, 3.05) is 18.4 Å². The van der Waals surface area contributed by atoms with Gasteiger partial charge in [-0.25, -0.2) is 0 Å². The van der Waals surface area contributed by atoms with Crippen molar-refractivity contribution in [2.24, 2.45) is 0 Å². The summed E-state index contributed by atoms with van der Waals surface area (Å²) in [5.41, 5.74) is 2.11. The van der Waals surface area contributed by atoms with Crippen molar-refractivity contribution in [3.8, 4) is 0 Å². The van der Waals surface area contributed by atoms with E-state index in [4.69, 9.17) is 0 Å². The Kier molecular flexibility index (Phi) is 5.43. The van der Waals surface area contributed by atoms with E-state index < -0.39 is 0 Å². The molecule has 2 amide bonds. The molecule has 0 atom stereocenters. The summed E-state index contributed by atoms with van der Waals surface area (Å²) in [5.74, 6) is -0.243. The van der Waals surface area contributed by atoms with Crippen molar-refractivity contribution in [2.45, 2.75) is 19.3 Å². The van der Waals surface area contributed by atoms with Crippen LogP contribution in [-0.2, 0) is 4.79 Å². The van der Waals surface area contributed by atoms with Gasteiger partial charge in [0.1, 0.15) is 0 Å². The molecule has 1 saturated heterocycles. The summed E-state index contributed by atoms with van der Waals surface area (Å²) in [6.07, 6.45) is 6.52. The first-order chi connectivity index (χ1) is 11.7. The SMILES string of the molecule is O=C(/C=C/c1ccsc1)Nc1ccccc1C(=O)N1CCCCC1. The van der Waals surface area contributed by atoms with E-state index in [1.54, 1.807) is 29.5 Å². The maximum Gasteiger partial charge on any atom is 0.255 e. The molecule has 0 bridgehead atoms. The molecule has 0 aliphatic carbocycles. The van der Waals surface area contributed by atoms with E-state index in [1.807, 2.05) is 33.9 Å². The number of nitrogens with one attached hydrogen (secondary N) is 1. The van der Waals surface area contributed by atoms with Crippen molar-refractivity contribution < 1.29 is 9.59 Å². The van der Waals surface area contributed by atoms with Gasteiger partial charge >= 0.3 is 0 Å². The summed E-state index contributed by atoms with van der Waals surface area (Å²) in [4.78, 5) is 26.7. The zero-order valence-electron chi connectivity index (χ0n) is 13.4. The first kappa shape index (κ1) is 16.5. The van der Waals surface area contributed by atoms with Crippen molar-refractivity contribution in [1.82, 2.24) is 4.90 Å². The number of likely N-dealkylation sites (tertiary alicyclic amines) is 1. The highest BCUT2D eigenvalue weighted by Gasteiger charge is 2.20. The second-order valence-corrected chi connectivity index (χ2v) is 6.56. The molecular weight excluding hydrogens is 320 g/mol. The molecule has 24 heavy (non-hydrogen) atoms. The molecule has 4 nitrogen and oxygen atoms in total. The Morgan fingerprint density at radius 3 is 2.62 bits per heavy atom. The molecule has 0 spiro atoms. The lowest BCUT2D eigenvalue weighted by molar-refractivity contribution is -0.111. The van der Waals surface area contributed by atoms with E-state index >= 15 is 0 Å². The van der Waals surface area contributed by atoms with Gasteiger partial charge in [0.25, 0.3) is 5.91 Å². The number of thiophene rings is 1. The number of carbonyl (C=O) groups is 2. The van der Waals surface area contributed by atoms with Crippen LogP contribution in [0.1, 0.15) is 35.2 Å². The molecule has 0 saturated carbocycles. The highest BCUT2D eigenvalue weighted by atomic mass is 32.1. The van der Waals surface area contributed by atoms with Gasteiger partial charge in [-0.05, 0) is 59.9 Å². The highest BCUT2D eigenvalue weighted by Crippen LogP contribution is 2.20. The minimum Gasteiger partial charge on any atom is -0.339 e. The van der Waals surface area contributed by atoms with E-state index in [2.05, 4.69) is 5.32 Å². The third-order valence-electron chi connectivity index (χ3n) is 4.03. The van der Waals surface area contributed by atoms with E-state index in [-0.39, 0.29) is 11.8 Å². The quantitative estimate of drug-likeness (QED) is 0.855. The summed E-state index contributed by atoms with van der Waals surface area (Å²) in [5, 5.41) is 6.76. The van der Waals surface area contributed by atoms with Gasteiger partial charge < -0.3 is 10.2 Å². The van der Waals surface area contributed by atoms with Gasteiger partial charge in [-0.1, -0.05) is 12.1 Å². The third-order valence-corrected chi connectivity index (χ3v) is 4.73. The van der Waals surface area contributed by atoms with Gasteiger partial charge in [0.05, 0.1) is 11.3 Å². The average molecular weight is 340 g/mol. The Labute approximate surface area is 145 Å². The number of hydrogen-bond acceptors (Lipinski definition) is 3. The predicted octanol–water partition coefficient (Wildman–Crippen LogP) is 4.03. The van der Waals surface area contributed by atoms with Gasteiger partial charge in [0.15, 0.2) is 0 Å². The first-order valence-corrected chi connectivity index (χ1v) is 9.08. The number of carbonyl (C=O) groups excluding carboxylic acids is 2. The van der Waals surface area contributed by atoms with Crippen LogP contribution in [0.25, 0.3) is 6.08 Å². The first-order valence-electron chi connectivity index (χ1n) is 8.13. The van der Waals surface area contributed by atoms with Crippen LogP contribution >= 0.6 is 11.3 Å². The summed E-state index contributed by atoms with van der Waals surface area (Å²) < 4.78 is 0. The molecule has 2 aromatic rings. The Hall–Kier alpha value is -2.40. The molecule has 3 rings (SSSR count). The number of amides is 2. The fourth-order valence-corrected chi connectivity index (χ4v) is 3.39. The molecule has 1 aliphatic heterocycles. The van der Waals surface area contributed by atoms with Crippen molar-refractivity contribution in [1.29, 1.82) is 0 Å². The predicted molar refractivity (Wildman–Crippen MR) is 98.2 cm³/mol. The molecule has 1 aliphatic rings. The summed E-state index contributed by atoms with van der Waals surface area (Å²) in [7, 11) is 0. The minimum atomic E-state index is -0.236. The van der Waals surface area contributed by atoms with Crippen molar-refractivity contribution >= 4 is 34.9 Å². The lowest BCUT2D eigenvalue weighted by Gasteiger charge is -2.27. The zero-order chi connectivity index (χ0) is 16.8. The molecule has 2 heterocycles. The van der Waals surface area contributed by atoms with Crippen LogP contribution in [0.4, 0.5) is 5.69 Å². The molecule has 1 aromatic heterocycles. The fourth-order valence-electron chi connectivity index (χ4n) is 2.76. The number of rotatable bonds is 4. The van der Waals surface area contributed by atoms with Gasteiger partial charge in [-0.2, -0.15) is 11.3 Å². The minimum absolute atomic E-state index is 0.00702. The highest BCUT2D eigenvalue weighted by molar-refractivity contribution is 7.08. The summed E-state index contributed by atoms with van der Waals surface area (Å²) in [6.45, 7) is 1.58. The molecule has 1 N–H and O–H groups in total. The molecular formula is C19H20N2O2S. The Bertz CT molecular complexity index is 732. The van der Waals surface area contributed by atoms with E-state index in [1.165, 1.54) is 12.5 Å². The fraction of sp³-hybridized carbons (Fsp3) is 0.263. The maximum atomic E-state index is 12.7. The van der Waals surface area contributed by atoms with Crippen molar-refractivity contribution in [3.05, 3.63) is 58.3 Å². The number of benzene rings is 1. The normalized spacial score (nSPS) is 14.8. The molecule has 5 heteroatoms. The van der Waals surface area contributed by atoms with E-state index in [0.717, 1.165) is 31.5 Å². The average Bonchev–Trinajstić information content (AvgIpc) is 3.14. The van der Waals surface area contributed by atoms with Crippen LogP contribution in [-0.4, -0.2) is 29.8 Å². The van der Waals surface area contributed by atoms with E-state index in [0.29, 0.717) is 11.3 Å². The Morgan fingerprint density at radius 2 is 1.88 bits per heavy atom. The third kappa shape index (κ3) is 4.11. The summed E-state index contributed by atoms with van der Waals surface area (Å²) in [6, 6.07) is 9.14. The molecule has 1 aromatic carbocycles. The molecule has 1 fully saturated rings. The van der Waals surface area contributed by atoms with Gasteiger partial charge in [-0.15, -0.1) is 0 Å². The standard InChI is InChI=1S/C19H20N2O2S/c22-18(9-8-15-10-13-24-14-15)20-17-7-3-2-6-16(17)19(23)21-11-4-1-5-12-21/h2-3,6-10,13-14H,1,4-5,11-12H2,(H,20,22)/b9-8+. The van der Waals surface area contributed by atoms with Crippen LogP contribution in [0.3, 0.4) is 0 Å². The second-order valence-electron chi connectivity index (χ2n) is 5.78. The monoisotopic (exact) mass is 340 g/mol. The number of piperidine rings is 1. The van der Waals surface area contributed by atoms with Crippen LogP contribution in [0.15, 0.2) is 47.2 Å². The van der Waals surface area contributed by atoms with Gasteiger partial charge in [-0.3, -0.25) is 9.59 Å². The second kappa shape index (κ2) is 7.93. The van der Waals surface area contributed by atoms with Crippen LogP contribution in [0, 0.1) is 0 Å². The number of para-hydroxylation sites is 1. The van der Waals surface area contributed by atoms with Crippen LogP contribution in [0.5, 0.6) is 0 Å². The number of nitrogens with zero attached hydrogens (tertiary/aromatic N) is 1. The summed E-state index contributed by atoms with van der Waals surface area (Å²) >= 11 is 1.58. The topological polar surface area (TPSA) is 49.4 Å². The molecule has 0 unspecified atom stereocenters. The number of anilines is 1. The van der Waals surface area contributed by atoms with Crippen LogP contribution in [0.2, 0.25) is 0 Å². The van der Waals surface area contributed by atoms with Crippen LogP contribution < -0.4 is 5.32 Å². The van der Waals surface area contributed by atoms with Gasteiger partial charge in [0, 0.05) is 19.2 Å².